The Bertz CT molecular complexity index is 1060. The van der Waals surface area contributed by atoms with E-state index >= 15 is 0 Å². The average Bonchev–Trinajstić information content (AvgIpc) is 3.09. The van der Waals surface area contributed by atoms with Crippen LogP contribution in [0.15, 0.2) is 67.0 Å². The maximum absolute atomic E-state index is 11.1. The molecule has 0 bridgehead atoms. The summed E-state index contributed by atoms with van der Waals surface area (Å²) in [5, 5.41) is 3.61. The van der Waals surface area contributed by atoms with Crippen LogP contribution in [0.4, 0.5) is 5.69 Å². The standard InChI is InChI=1S/C20H15N3O2S/c1-13(24)23-15-7-9-16(10-8-15)25-19-17-11-18(14-5-3-2-4-6-14)26-20(17)22-12-21-19/h2-12H,1H3,(H,23,24). The molecule has 26 heavy (non-hydrogen) atoms. The first-order valence-corrected chi connectivity index (χ1v) is 8.86. The van der Waals surface area contributed by atoms with E-state index in [0.717, 1.165) is 26.3 Å². The third kappa shape index (κ3) is 3.41. The predicted molar refractivity (Wildman–Crippen MR) is 104 cm³/mol. The molecule has 0 spiro atoms. The number of amides is 1. The smallest absolute Gasteiger partial charge is 0.231 e. The maximum Gasteiger partial charge on any atom is 0.231 e. The van der Waals surface area contributed by atoms with Crippen molar-refractivity contribution in [3.63, 3.8) is 0 Å². The van der Waals surface area contributed by atoms with Gasteiger partial charge in [-0.15, -0.1) is 11.3 Å². The zero-order valence-electron chi connectivity index (χ0n) is 14.0. The van der Waals surface area contributed by atoms with Crippen LogP contribution in [-0.2, 0) is 4.79 Å². The number of anilines is 1. The highest BCUT2D eigenvalue weighted by Crippen LogP contribution is 2.37. The largest absolute Gasteiger partial charge is 0.438 e. The van der Waals surface area contributed by atoms with E-state index in [1.165, 1.54) is 13.3 Å². The fourth-order valence-electron chi connectivity index (χ4n) is 2.58. The monoisotopic (exact) mass is 361 g/mol. The van der Waals surface area contributed by atoms with Gasteiger partial charge in [0.1, 0.15) is 16.9 Å². The van der Waals surface area contributed by atoms with Crippen LogP contribution in [0.5, 0.6) is 11.6 Å². The van der Waals surface area contributed by atoms with Crippen LogP contribution in [0, 0.1) is 0 Å². The Morgan fingerprint density at radius 3 is 2.54 bits per heavy atom. The molecule has 6 heteroatoms. The fourth-order valence-corrected chi connectivity index (χ4v) is 3.58. The van der Waals surface area contributed by atoms with Crippen LogP contribution < -0.4 is 10.1 Å². The van der Waals surface area contributed by atoms with Gasteiger partial charge in [0.15, 0.2) is 0 Å². The number of carbonyl (C=O) groups is 1. The van der Waals surface area contributed by atoms with E-state index in [1.54, 1.807) is 35.6 Å². The molecule has 0 saturated heterocycles. The minimum atomic E-state index is -0.108. The highest BCUT2D eigenvalue weighted by molar-refractivity contribution is 7.21. The van der Waals surface area contributed by atoms with E-state index in [2.05, 4.69) is 33.5 Å². The first kappa shape index (κ1) is 16.2. The van der Waals surface area contributed by atoms with Gasteiger partial charge in [0.05, 0.1) is 5.39 Å². The lowest BCUT2D eigenvalue weighted by Gasteiger charge is -2.07. The summed E-state index contributed by atoms with van der Waals surface area (Å²) in [4.78, 5) is 21.7. The average molecular weight is 361 g/mol. The molecule has 2 heterocycles. The quantitative estimate of drug-likeness (QED) is 0.549. The number of thiophene rings is 1. The van der Waals surface area contributed by atoms with Gasteiger partial charge in [0.2, 0.25) is 11.8 Å². The molecule has 1 amide bonds. The van der Waals surface area contributed by atoms with Crippen molar-refractivity contribution >= 4 is 33.1 Å². The second-order valence-corrected chi connectivity index (χ2v) is 6.71. The molecule has 4 aromatic rings. The van der Waals surface area contributed by atoms with Gasteiger partial charge < -0.3 is 10.1 Å². The first-order valence-electron chi connectivity index (χ1n) is 8.04. The number of hydrogen-bond acceptors (Lipinski definition) is 5. The van der Waals surface area contributed by atoms with Gasteiger partial charge in [-0.25, -0.2) is 9.97 Å². The van der Waals surface area contributed by atoms with E-state index in [1.807, 2.05) is 18.2 Å². The van der Waals surface area contributed by atoms with E-state index in [-0.39, 0.29) is 5.91 Å². The first-order chi connectivity index (χ1) is 12.7. The van der Waals surface area contributed by atoms with Gasteiger partial charge in [-0.3, -0.25) is 4.79 Å². The molecule has 0 atom stereocenters. The molecule has 0 aliphatic heterocycles. The number of benzene rings is 2. The lowest BCUT2D eigenvalue weighted by atomic mass is 10.2. The molecule has 4 rings (SSSR count). The van der Waals surface area contributed by atoms with E-state index < -0.39 is 0 Å². The van der Waals surface area contributed by atoms with Crippen molar-refractivity contribution in [2.24, 2.45) is 0 Å². The van der Waals surface area contributed by atoms with Gasteiger partial charge >= 0.3 is 0 Å². The van der Waals surface area contributed by atoms with Crippen molar-refractivity contribution in [2.45, 2.75) is 6.92 Å². The molecule has 2 aromatic carbocycles. The molecular formula is C20H15N3O2S. The zero-order chi connectivity index (χ0) is 17.9. The molecular weight excluding hydrogens is 346 g/mol. The molecule has 128 valence electrons. The second-order valence-electron chi connectivity index (χ2n) is 5.68. The second kappa shape index (κ2) is 6.93. The Morgan fingerprint density at radius 2 is 1.81 bits per heavy atom. The Hall–Kier alpha value is -3.25. The Kier molecular flexibility index (Phi) is 4.33. The van der Waals surface area contributed by atoms with Crippen molar-refractivity contribution < 1.29 is 9.53 Å². The minimum absolute atomic E-state index is 0.108. The van der Waals surface area contributed by atoms with Crippen molar-refractivity contribution in [1.29, 1.82) is 0 Å². The predicted octanol–water partition coefficient (Wildman–Crippen LogP) is 5.11. The number of hydrogen-bond donors (Lipinski definition) is 1. The van der Waals surface area contributed by atoms with E-state index in [4.69, 9.17) is 4.74 Å². The molecule has 0 aliphatic carbocycles. The number of fused-ring (bicyclic) bond motifs is 1. The lowest BCUT2D eigenvalue weighted by molar-refractivity contribution is -0.114. The minimum Gasteiger partial charge on any atom is -0.438 e. The number of nitrogens with one attached hydrogen (secondary N) is 1. The fraction of sp³-hybridized carbons (Fsp3) is 0.0500. The van der Waals surface area contributed by atoms with Gasteiger partial charge in [0, 0.05) is 17.5 Å². The lowest BCUT2D eigenvalue weighted by Crippen LogP contribution is -2.05. The summed E-state index contributed by atoms with van der Waals surface area (Å²) >= 11 is 1.61. The van der Waals surface area contributed by atoms with E-state index in [0.29, 0.717) is 11.6 Å². The van der Waals surface area contributed by atoms with Crippen LogP contribution in [0.2, 0.25) is 0 Å². The molecule has 2 aromatic heterocycles. The van der Waals surface area contributed by atoms with Crippen LogP contribution in [0.3, 0.4) is 0 Å². The van der Waals surface area contributed by atoms with Crippen molar-refractivity contribution in [2.75, 3.05) is 5.32 Å². The third-order valence-electron chi connectivity index (χ3n) is 3.74. The summed E-state index contributed by atoms with van der Waals surface area (Å²) in [6.45, 7) is 1.48. The van der Waals surface area contributed by atoms with Gasteiger partial charge in [-0.1, -0.05) is 30.3 Å². The van der Waals surface area contributed by atoms with Gasteiger partial charge in [-0.05, 0) is 35.9 Å². The molecule has 0 saturated carbocycles. The van der Waals surface area contributed by atoms with Gasteiger partial charge in [0.25, 0.3) is 0 Å². The summed E-state index contributed by atoms with van der Waals surface area (Å²) in [6.07, 6.45) is 1.51. The topological polar surface area (TPSA) is 64.1 Å². The summed E-state index contributed by atoms with van der Waals surface area (Å²) in [5.41, 5.74) is 1.86. The summed E-state index contributed by atoms with van der Waals surface area (Å²) in [7, 11) is 0. The van der Waals surface area contributed by atoms with Crippen LogP contribution >= 0.6 is 11.3 Å². The summed E-state index contributed by atoms with van der Waals surface area (Å²) < 4.78 is 5.94. The summed E-state index contributed by atoms with van der Waals surface area (Å²) in [6, 6.07) is 19.4. The third-order valence-corrected chi connectivity index (χ3v) is 4.83. The molecule has 0 unspecified atom stereocenters. The SMILES string of the molecule is CC(=O)Nc1ccc(Oc2ncnc3sc(-c4ccccc4)cc23)cc1. The molecule has 0 aliphatic rings. The number of ether oxygens (including phenoxy) is 1. The van der Waals surface area contributed by atoms with E-state index in [9.17, 15) is 4.79 Å². The zero-order valence-corrected chi connectivity index (χ0v) is 14.8. The van der Waals surface area contributed by atoms with Crippen LogP contribution in [0.1, 0.15) is 6.92 Å². The number of aromatic nitrogens is 2. The van der Waals surface area contributed by atoms with Crippen LogP contribution in [-0.4, -0.2) is 15.9 Å². The molecule has 1 N–H and O–H groups in total. The van der Waals surface area contributed by atoms with Crippen molar-refractivity contribution in [1.82, 2.24) is 9.97 Å². The summed E-state index contributed by atoms with van der Waals surface area (Å²) in [5.74, 6) is 1.05. The van der Waals surface area contributed by atoms with Crippen molar-refractivity contribution in [3.05, 3.63) is 67.0 Å². The van der Waals surface area contributed by atoms with Gasteiger partial charge in [-0.2, -0.15) is 0 Å². The Balaban J connectivity index is 1.64. The Labute approximate surface area is 154 Å². The normalized spacial score (nSPS) is 10.7. The number of rotatable bonds is 4. The molecule has 5 nitrogen and oxygen atoms in total. The van der Waals surface area contributed by atoms with Crippen LogP contribution in [0.25, 0.3) is 20.7 Å². The highest BCUT2D eigenvalue weighted by atomic mass is 32.1. The molecule has 0 radical (unpaired) electrons. The number of carbonyl (C=O) groups excluding carboxylic acids is 1. The maximum atomic E-state index is 11.1. The highest BCUT2D eigenvalue weighted by Gasteiger charge is 2.12. The molecule has 0 fully saturated rings. The van der Waals surface area contributed by atoms with Crippen molar-refractivity contribution in [3.8, 4) is 22.1 Å². The Morgan fingerprint density at radius 1 is 1.04 bits per heavy atom. The number of nitrogens with zero attached hydrogens (tertiary/aromatic N) is 2.